The average molecular weight is 753 g/mol. The van der Waals surface area contributed by atoms with Crippen LogP contribution in [0.1, 0.15) is 94.0 Å². The molecule has 4 aromatic rings. The van der Waals surface area contributed by atoms with Gasteiger partial charge in [-0.15, -0.1) is 10.1 Å². The molecule has 53 heavy (non-hydrogen) atoms. The zero-order valence-corrected chi connectivity index (χ0v) is 31.1. The lowest BCUT2D eigenvalue weighted by Crippen LogP contribution is -2.42. The molecule has 284 valence electrons. The van der Waals surface area contributed by atoms with E-state index in [0.29, 0.717) is 31.2 Å². The molecule has 1 unspecified atom stereocenters. The highest BCUT2D eigenvalue weighted by atomic mass is 35.5. The van der Waals surface area contributed by atoms with E-state index in [1.165, 1.54) is 13.3 Å². The minimum absolute atomic E-state index is 0.00486. The molecule has 2 aromatic carbocycles. The van der Waals surface area contributed by atoms with Crippen molar-refractivity contribution >= 4 is 23.7 Å². The van der Waals surface area contributed by atoms with Crippen molar-refractivity contribution in [1.29, 1.82) is 0 Å². The lowest BCUT2D eigenvalue weighted by atomic mass is 9.95. The topological polar surface area (TPSA) is 182 Å². The molecular formula is C36H47ClN9O7+. The summed E-state index contributed by atoms with van der Waals surface area (Å²) < 4.78 is 17.4. The summed E-state index contributed by atoms with van der Waals surface area (Å²) in [6.45, 7) is 6.36. The maximum atomic E-state index is 13.4. The van der Waals surface area contributed by atoms with Crippen molar-refractivity contribution < 1.29 is 38.8 Å². The van der Waals surface area contributed by atoms with Crippen LogP contribution in [0.3, 0.4) is 0 Å². The number of halogens is 1. The number of carbonyl (C=O) groups excluding carboxylic acids is 2. The summed E-state index contributed by atoms with van der Waals surface area (Å²) in [6, 6.07) is 15.9. The molecule has 0 saturated heterocycles. The lowest BCUT2D eigenvalue weighted by Gasteiger charge is -2.25. The number of rotatable bonds is 18. The largest absolute Gasteiger partial charge is 0.511 e. The summed E-state index contributed by atoms with van der Waals surface area (Å²) in [4.78, 5) is 36.2. The molecule has 1 atom stereocenters. The number of unbranched alkanes of at least 4 members (excludes halogenated alkanes) is 1. The van der Waals surface area contributed by atoms with Crippen LogP contribution in [0, 0.1) is 0 Å². The van der Waals surface area contributed by atoms with Crippen LogP contribution < -0.4 is 0 Å². The zero-order chi connectivity index (χ0) is 37.6. The Bertz CT molecular complexity index is 1800. The monoisotopic (exact) mass is 752 g/mol. The van der Waals surface area contributed by atoms with E-state index in [9.17, 15) is 14.8 Å². The fraction of sp³-hybridized carbons (Fsp3) is 0.500. The van der Waals surface area contributed by atoms with Gasteiger partial charge in [-0.1, -0.05) is 92.7 Å². The van der Waals surface area contributed by atoms with E-state index in [4.69, 9.17) is 30.6 Å². The predicted octanol–water partition coefficient (Wildman–Crippen LogP) is 7.18. The molecule has 1 aliphatic carbocycles. The Morgan fingerprint density at radius 2 is 1.81 bits per heavy atom. The van der Waals surface area contributed by atoms with Crippen LogP contribution in [-0.4, -0.2) is 89.6 Å². The minimum Gasteiger partial charge on any atom is -0.434 e. The molecule has 1 saturated carbocycles. The Morgan fingerprint density at radius 3 is 2.51 bits per heavy atom. The number of aromatic amines is 1. The Labute approximate surface area is 312 Å². The van der Waals surface area contributed by atoms with Gasteiger partial charge in [0.05, 0.1) is 19.2 Å². The van der Waals surface area contributed by atoms with Crippen molar-refractivity contribution in [2.45, 2.75) is 97.4 Å². The maximum Gasteiger partial charge on any atom is 0.511 e. The van der Waals surface area contributed by atoms with Gasteiger partial charge in [0, 0.05) is 31.9 Å². The van der Waals surface area contributed by atoms with Crippen LogP contribution >= 0.6 is 11.6 Å². The van der Waals surface area contributed by atoms with Crippen LogP contribution in [-0.2, 0) is 32.0 Å². The number of esters is 1. The fourth-order valence-electron chi connectivity index (χ4n) is 6.27. The summed E-state index contributed by atoms with van der Waals surface area (Å²) >= 11 is 6.52. The molecule has 1 fully saturated rings. The van der Waals surface area contributed by atoms with Gasteiger partial charge in [0.25, 0.3) is 10.2 Å². The van der Waals surface area contributed by atoms with Crippen LogP contribution in [0.5, 0.6) is 0 Å². The first-order chi connectivity index (χ1) is 25.8. The molecule has 2 N–H and O–H groups in total. The second-order valence-electron chi connectivity index (χ2n) is 12.6. The van der Waals surface area contributed by atoms with E-state index in [2.05, 4.69) is 37.8 Å². The van der Waals surface area contributed by atoms with Crippen molar-refractivity contribution in [1.82, 2.24) is 35.2 Å². The van der Waals surface area contributed by atoms with Gasteiger partial charge in [0.15, 0.2) is 16.7 Å². The number of carbonyl (C=O) groups is 2. The number of nitrogens with zero attached hydrogens (tertiary/aromatic N) is 8. The van der Waals surface area contributed by atoms with Gasteiger partial charge in [-0.2, -0.15) is 0 Å². The second kappa shape index (κ2) is 19.5. The molecule has 2 heterocycles. The number of hydrazine groups is 1. The van der Waals surface area contributed by atoms with Crippen LogP contribution in [0.2, 0.25) is 5.15 Å². The SMILES string of the molecule is CCCCc1nc(Cl)c(C(=O)OC(C)OC(=O)OCCCO/N=[N+](\O)N(CC)C2CCCCC2)n1Cc1ccc(-c2ccccc2-c2nnn[nH]2)cc1. The number of imidazole rings is 1. The minimum atomic E-state index is -1.28. The highest BCUT2D eigenvalue weighted by molar-refractivity contribution is 6.32. The quantitative estimate of drug-likeness (QED) is 0.0261. The summed E-state index contributed by atoms with van der Waals surface area (Å²) in [7, 11) is 0. The standard InChI is InChI=1S/C36H47ClN9O7/c1-4-6-17-31-38-33(37)32(44(31)24-26-18-20-27(21-19-26)29-15-10-11-16-30(29)34-39-41-42-40-34)35(47)52-25(3)53-36(48)50-22-12-23-51-43-46(49)45(5-2)28-13-8-7-9-14-28/h10-11,15-16,18-21,25,28H,4-9,12-14,17,22-24H2,1-3H3,(H,43,49)(H,39,40,41,42)/q+1. The van der Waals surface area contributed by atoms with E-state index in [1.807, 2.05) is 55.5 Å². The van der Waals surface area contributed by atoms with Gasteiger partial charge in [0.1, 0.15) is 12.4 Å². The highest BCUT2D eigenvalue weighted by Crippen LogP contribution is 2.30. The number of benzene rings is 2. The van der Waals surface area contributed by atoms with Gasteiger partial charge >= 0.3 is 12.1 Å². The molecule has 0 amide bonds. The van der Waals surface area contributed by atoms with E-state index < -0.39 is 18.4 Å². The number of nitrogens with one attached hydrogen (secondary N) is 1. The normalized spacial score (nSPS) is 14.1. The molecule has 5 rings (SSSR count). The smallest absolute Gasteiger partial charge is 0.434 e. The summed E-state index contributed by atoms with van der Waals surface area (Å²) in [6.07, 6.45) is 5.80. The fourth-order valence-corrected chi connectivity index (χ4v) is 6.55. The number of hydrogen-bond acceptors (Lipinski definition) is 11. The van der Waals surface area contributed by atoms with Gasteiger partial charge in [-0.05, 0) is 53.3 Å². The molecule has 2 aromatic heterocycles. The number of aryl methyl sites for hydroxylation is 1. The number of H-pyrrole nitrogens is 1. The molecule has 17 heteroatoms. The van der Waals surface area contributed by atoms with E-state index in [1.54, 1.807) is 9.58 Å². The van der Waals surface area contributed by atoms with Crippen molar-refractivity contribution in [3.05, 3.63) is 70.8 Å². The first-order valence-corrected chi connectivity index (χ1v) is 18.5. The lowest BCUT2D eigenvalue weighted by molar-refractivity contribution is -0.945. The molecule has 0 aliphatic heterocycles. The Balaban J connectivity index is 1.14. The van der Waals surface area contributed by atoms with Crippen LogP contribution in [0.4, 0.5) is 4.79 Å². The van der Waals surface area contributed by atoms with E-state index >= 15 is 0 Å². The Kier molecular flexibility index (Phi) is 14.4. The maximum absolute atomic E-state index is 13.4. The van der Waals surface area contributed by atoms with Crippen molar-refractivity contribution in [2.75, 3.05) is 19.8 Å². The first-order valence-electron chi connectivity index (χ1n) is 18.1. The molecule has 0 spiro atoms. The third kappa shape index (κ3) is 10.7. The predicted molar refractivity (Wildman–Crippen MR) is 192 cm³/mol. The van der Waals surface area contributed by atoms with Gasteiger partial charge in [-0.3, -0.25) is 0 Å². The summed E-state index contributed by atoms with van der Waals surface area (Å²) in [5, 5.41) is 30.1. The van der Waals surface area contributed by atoms with Gasteiger partial charge in [-0.25, -0.2) is 24.9 Å². The molecule has 16 nitrogen and oxygen atoms in total. The third-order valence-electron chi connectivity index (χ3n) is 8.90. The Hall–Kier alpha value is -5.25. The van der Waals surface area contributed by atoms with E-state index in [-0.39, 0.29) is 36.5 Å². The van der Waals surface area contributed by atoms with Crippen LogP contribution in [0.15, 0.2) is 53.8 Å². The number of hydrogen-bond donors (Lipinski definition) is 2. The van der Waals surface area contributed by atoms with Gasteiger partial charge < -0.3 is 23.6 Å². The summed E-state index contributed by atoms with van der Waals surface area (Å²) in [5.74, 6) is 0.404. The van der Waals surface area contributed by atoms with Crippen molar-refractivity contribution in [3.63, 3.8) is 0 Å². The summed E-state index contributed by atoms with van der Waals surface area (Å²) in [5.41, 5.74) is 3.73. The second-order valence-corrected chi connectivity index (χ2v) is 13.0. The van der Waals surface area contributed by atoms with Crippen LogP contribution in [0.25, 0.3) is 22.5 Å². The van der Waals surface area contributed by atoms with Crippen molar-refractivity contribution in [3.8, 4) is 22.5 Å². The molecule has 1 aliphatic rings. The Morgan fingerprint density at radius 1 is 1.06 bits per heavy atom. The first kappa shape index (κ1) is 39.0. The zero-order valence-electron chi connectivity index (χ0n) is 30.3. The molecule has 0 radical (unpaired) electrons. The molecule has 0 bridgehead atoms. The van der Waals surface area contributed by atoms with Gasteiger partial charge in [0.2, 0.25) is 6.29 Å². The average Bonchev–Trinajstić information content (AvgIpc) is 3.81. The van der Waals surface area contributed by atoms with Crippen molar-refractivity contribution in [2.24, 2.45) is 5.28 Å². The third-order valence-corrected chi connectivity index (χ3v) is 9.16. The number of tetrazole rings is 1. The molecular weight excluding hydrogens is 706 g/mol. The highest BCUT2D eigenvalue weighted by Gasteiger charge is 2.30. The van der Waals surface area contributed by atoms with E-state index in [0.717, 1.165) is 65.7 Å². The number of ether oxygens (including phenoxy) is 3. The number of aromatic nitrogens is 6.